The lowest BCUT2D eigenvalue weighted by Gasteiger charge is -2.41. The molecule has 4 aliphatic rings. The summed E-state index contributed by atoms with van der Waals surface area (Å²) in [5.41, 5.74) is 1.59. The summed E-state index contributed by atoms with van der Waals surface area (Å²) in [6.45, 7) is 42.5. The fourth-order valence-corrected chi connectivity index (χ4v) is 8.25. The normalized spacial score (nSPS) is 17.2. The van der Waals surface area contributed by atoms with Gasteiger partial charge in [0.25, 0.3) is 0 Å². The molecule has 0 aromatic rings. The maximum Gasteiger partial charge on any atom is 0.00385 e. The van der Waals surface area contributed by atoms with E-state index in [0.717, 1.165) is 29.3 Å². The molecule has 2 saturated heterocycles. The SMILES string of the molecule is C=CCCC.CC(C)N1CCC2(CCCC2)CC1.CC(C)N1CCC2(CCCC2)CC1.CCCCC.CCCCC.CCCCC.CCCCC.CCCCC.[B].[B]. The minimum Gasteiger partial charge on any atom is -0.301 e. The molecule has 0 bridgehead atoms. The maximum absolute atomic E-state index is 3.55. The van der Waals surface area contributed by atoms with Crippen LogP contribution < -0.4 is 0 Å². The van der Waals surface area contributed by atoms with E-state index < -0.39 is 0 Å². The van der Waals surface area contributed by atoms with Gasteiger partial charge in [-0.1, -0.05) is 211 Å². The van der Waals surface area contributed by atoms with Gasteiger partial charge < -0.3 is 9.80 Å². The molecule has 2 saturated carbocycles. The lowest BCUT2D eigenvalue weighted by atomic mass is 9.77. The summed E-state index contributed by atoms with van der Waals surface area (Å²) in [6.07, 6.45) is 42.7. The third-order valence-corrected chi connectivity index (χ3v) is 12.5. The fraction of sp³-hybridized carbons (Fsp3) is 0.963. The topological polar surface area (TPSA) is 6.48 Å². The van der Waals surface area contributed by atoms with Crippen molar-refractivity contribution in [2.45, 2.75) is 302 Å². The highest BCUT2D eigenvalue weighted by Gasteiger charge is 2.38. The van der Waals surface area contributed by atoms with Crippen LogP contribution in [0.3, 0.4) is 0 Å². The first-order valence-corrected chi connectivity index (χ1v) is 26.0. The van der Waals surface area contributed by atoms with Gasteiger partial charge in [0.1, 0.15) is 0 Å². The average molecular weight is 815 g/mol. The molecule has 2 aliphatic carbocycles. The van der Waals surface area contributed by atoms with Crippen LogP contribution in [-0.2, 0) is 0 Å². The number of likely N-dealkylation sites (tertiary alicyclic amines) is 2. The standard InChI is InChI=1S/2C12H23N.5C5H12.C5H10.2B/c2*1-11(2)13-9-7-12(8-10-13)5-3-4-6-12;6*1-3-5-4-2;;/h2*11H,3-10H2,1-2H3;5*3-5H2,1-2H3;3H,1,4-5H2,2H3;;. The number of rotatable bonds is 14. The molecular weight excluding hydrogens is 698 g/mol. The molecule has 2 heterocycles. The van der Waals surface area contributed by atoms with Crippen LogP contribution in [0.4, 0.5) is 0 Å². The molecule has 348 valence electrons. The molecule has 0 unspecified atom stereocenters. The van der Waals surface area contributed by atoms with Crippen LogP contribution in [-0.4, -0.2) is 64.9 Å². The van der Waals surface area contributed by atoms with Crippen molar-refractivity contribution in [3.63, 3.8) is 0 Å². The first-order chi connectivity index (χ1) is 26.9. The van der Waals surface area contributed by atoms with Gasteiger partial charge in [-0.15, -0.1) is 6.58 Å². The van der Waals surface area contributed by atoms with Gasteiger partial charge in [-0.2, -0.15) is 0 Å². The second-order valence-electron chi connectivity index (χ2n) is 18.5. The Balaban J connectivity index is -0.000000140. The molecule has 4 heteroatoms. The van der Waals surface area contributed by atoms with E-state index in [1.54, 1.807) is 0 Å². The van der Waals surface area contributed by atoms with Crippen molar-refractivity contribution in [3.8, 4) is 0 Å². The van der Waals surface area contributed by atoms with Crippen molar-refractivity contribution in [1.29, 1.82) is 0 Å². The average Bonchev–Trinajstić information content (AvgIpc) is 3.85. The van der Waals surface area contributed by atoms with Crippen molar-refractivity contribution < 1.29 is 0 Å². The highest BCUT2D eigenvalue weighted by Crippen LogP contribution is 2.47. The van der Waals surface area contributed by atoms with E-state index in [1.165, 1.54) is 206 Å². The summed E-state index contributed by atoms with van der Waals surface area (Å²) in [5.74, 6) is 0. The summed E-state index contributed by atoms with van der Waals surface area (Å²) in [4.78, 5) is 5.28. The molecule has 6 radical (unpaired) electrons. The fourth-order valence-electron chi connectivity index (χ4n) is 8.25. The van der Waals surface area contributed by atoms with E-state index in [9.17, 15) is 0 Å². The highest BCUT2D eigenvalue weighted by molar-refractivity contribution is 5.76. The highest BCUT2D eigenvalue weighted by atomic mass is 15.2. The van der Waals surface area contributed by atoms with Gasteiger partial charge in [0.05, 0.1) is 0 Å². The number of unbranched alkanes of at least 4 members (excludes halogenated alkanes) is 11. The third kappa shape index (κ3) is 43.9. The van der Waals surface area contributed by atoms with Gasteiger partial charge in [0, 0.05) is 28.9 Å². The summed E-state index contributed by atoms with van der Waals surface area (Å²) >= 11 is 0. The van der Waals surface area contributed by atoms with Crippen molar-refractivity contribution in [2.75, 3.05) is 26.2 Å². The third-order valence-electron chi connectivity index (χ3n) is 12.5. The van der Waals surface area contributed by atoms with Crippen molar-refractivity contribution >= 4 is 16.8 Å². The molecule has 4 rings (SSSR count). The summed E-state index contributed by atoms with van der Waals surface area (Å²) in [7, 11) is 0. The van der Waals surface area contributed by atoms with Gasteiger partial charge in [-0.05, 0) is 122 Å². The van der Waals surface area contributed by atoms with Crippen LogP contribution in [0, 0.1) is 10.8 Å². The van der Waals surface area contributed by atoms with Crippen molar-refractivity contribution in [2.24, 2.45) is 10.8 Å². The zero-order valence-corrected chi connectivity index (χ0v) is 43.8. The second-order valence-corrected chi connectivity index (χ2v) is 18.5. The Hall–Kier alpha value is -0.210. The Morgan fingerprint density at radius 2 is 0.586 bits per heavy atom. The van der Waals surface area contributed by atoms with Gasteiger partial charge >= 0.3 is 0 Å². The first-order valence-electron chi connectivity index (χ1n) is 26.0. The largest absolute Gasteiger partial charge is 0.301 e. The Labute approximate surface area is 377 Å². The minimum atomic E-state index is 0. The molecule has 2 nitrogen and oxygen atoms in total. The number of allylic oxidation sites excluding steroid dienone is 1. The summed E-state index contributed by atoms with van der Waals surface area (Å²) < 4.78 is 0. The van der Waals surface area contributed by atoms with Crippen molar-refractivity contribution in [3.05, 3.63) is 12.7 Å². The van der Waals surface area contributed by atoms with E-state index in [4.69, 9.17) is 0 Å². The molecule has 4 fully saturated rings. The monoisotopic (exact) mass is 815 g/mol. The van der Waals surface area contributed by atoms with Crippen LogP contribution in [0.25, 0.3) is 0 Å². The van der Waals surface area contributed by atoms with Crippen LogP contribution in [0.5, 0.6) is 0 Å². The lowest BCUT2D eigenvalue weighted by molar-refractivity contribution is 0.0870. The van der Waals surface area contributed by atoms with Crippen LogP contribution in [0.2, 0.25) is 0 Å². The Morgan fingerprint density at radius 3 is 0.690 bits per heavy atom. The van der Waals surface area contributed by atoms with Crippen LogP contribution in [0.15, 0.2) is 12.7 Å². The number of hydrogen-bond acceptors (Lipinski definition) is 2. The molecule has 0 atom stereocenters. The Bertz CT molecular complexity index is 607. The predicted molar refractivity (Wildman–Crippen MR) is 276 cm³/mol. The molecule has 2 spiro atoms. The molecular formula is C54H116B2N2. The molecule has 58 heavy (non-hydrogen) atoms. The zero-order valence-electron chi connectivity index (χ0n) is 43.8. The second kappa shape index (κ2) is 52.9. The Morgan fingerprint density at radius 1 is 0.379 bits per heavy atom. The molecule has 0 N–H and O–H groups in total. The molecule has 2 aliphatic heterocycles. The summed E-state index contributed by atoms with van der Waals surface area (Å²) in [6, 6.07) is 1.53. The summed E-state index contributed by atoms with van der Waals surface area (Å²) in [5, 5.41) is 0. The van der Waals surface area contributed by atoms with Gasteiger partial charge in [-0.3, -0.25) is 0 Å². The van der Waals surface area contributed by atoms with Crippen molar-refractivity contribution in [1.82, 2.24) is 9.80 Å². The number of hydrogen-bond donors (Lipinski definition) is 0. The molecule has 0 aromatic carbocycles. The van der Waals surface area contributed by atoms with Crippen LogP contribution >= 0.6 is 0 Å². The maximum atomic E-state index is 3.55. The van der Waals surface area contributed by atoms with E-state index in [2.05, 4.69) is 120 Å². The van der Waals surface area contributed by atoms with Gasteiger partial charge in [0.15, 0.2) is 0 Å². The van der Waals surface area contributed by atoms with E-state index in [0.29, 0.717) is 0 Å². The van der Waals surface area contributed by atoms with E-state index in [1.807, 2.05) is 6.08 Å². The minimum absolute atomic E-state index is 0. The van der Waals surface area contributed by atoms with E-state index in [-0.39, 0.29) is 16.8 Å². The number of piperidine rings is 2. The number of nitrogens with zero attached hydrogens (tertiary/aromatic N) is 2. The van der Waals surface area contributed by atoms with Gasteiger partial charge in [-0.25, -0.2) is 0 Å². The Kier molecular flexibility index (Phi) is 63.4. The van der Waals surface area contributed by atoms with Crippen LogP contribution in [0.1, 0.15) is 290 Å². The zero-order chi connectivity index (χ0) is 43.4. The quantitative estimate of drug-likeness (QED) is 0.127. The molecule has 0 aromatic heterocycles. The molecule has 0 amide bonds. The lowest BCUT2D eigenvalue weighted by Crippen LogP contribution is -2.42. The van der Waals surface area contributed by atoms with Gasteiger partial charge in [0.2, 0.25) is 0 Å². The first kappa shape index (κ1) is 69.5. The smallest absolute Gasteiger partial charge is 0.00385 e. The van der Waals surface area contributed by atoms with E-state index >= 15 is 0 Å². The predicted octanol–water partition coefficient (Wildman–Crippen LogP) is 18.3.